The predicted octanol–water partition coefficient (Wildman–Crippen LogP) is 0.681. The zero-order valence-electron chi connectivity index (χ0n) is 11.7. The molecule has 0 saturated carbocycles. The number of amides is 2. The van der Waals surface area contributed by atoms with E-state index in [9.17, 15) is 9.59 Å². The molecule has 6 heteroatoms. The highest BCUT2D eigenvalue weighted by Crippen LogP contribution is 2.24. The first-order chi connectivity index (χ1) is 9.00. The summed E-state index contributed by atoms with van der Waals surface area (Å²) in [5.74, 6) is -0.880. The summed E-state index contributed by atoms with van der Waals surface area (Å²) in [5, 5.41) is 9.17. The van der Waals surface area contributed by atoms with Crippen LogP contribution in [0, 0.1) is 0 Å². The van der Waals surface area contributed by atoms with Gasteiger partial charge in [-0.25, -0.2) is 9.59 Å². The van der Waals surface area contributed by atoms with Gasteiger partial charge in [-0.15, -0.1) is 0 Å². The van der Waals surface area contributed by atoms with Crippen molar-refractivity contribution in [2.24, 2.45) is 0 Å². The molecule has 2 rings (SSSR count). The lowest BCUT2D eigenvalue weighted by atomic mass is 10.2. The van der Waals surface area contributed by atoms with E-state index < -0.39 is 12.0 Å². The number of carboxylic acid groups (broad SMARTS) is 1. The standard InChI is InChI=1S/C13H23N3O3/c1-14(2)9-10-5-3-7-15(10)13(19)16-8-4-6-11(16)12(17)18/h10-11H,3-9H2,1-2H3,(H,17,18). The first-order valence-corrected chi connectivity index (χ1v) is 6.95. The third kappa shape index (κ3) is 3.00. The van der Waals surface area contributed by atoms with E-state index >= 15 is 0 Å². The molecule has 0 aromatic carbocycles. The number of aliphatic carboxylic acids is 1. The fourth-order valence-corrected chi connectivity index (χ4v) is 3.12. The van der Waals surface area contributed by atoms with Crippen molar-refractivity contribution in [3.8, 4) is 0 Å². The summed E-state index contributed by atoms with van der Waals surface area (Å²) in [4.78, 5) is 29.2. The Hall–Kier alpha value is -1.30. The maximum Gasteiger partial charge on any atom is 0.326 e. The van der Waals surface area contributed by atoms with Gasteiger partial charge in [-0.3, -0.25) is 0 Å². The highest BCUT2D eigenvalue weighted by Gasteiger charge is 2.39. The molecule has 0 aliphatic carbocycles. The highest BCUT2D eigenvalue weighted by atomic mass is 16.4. The third-order valence-electron chi connectivity index (χ3n) is 3.98. The van der Waals surface area contributed by atoms with Crippen molar-refractivity contribution in [3.05, 3.63) is 0 Å². The SMILES string of the molecule is CN(C)CC1CCCN1C(=O)N1CCCC1C(=O)O. The number of rotatable bonds is 3. The van der Waals surface area contributed by atoms with Crippen LogP contribution in [0.1, 0.15) is 25.7 Å². The van der Waals surface area contributed by atoms with Gasteiger partial charge in [0.2, 0.25) is 0 Å². The average Bonchev–Trinajstić information content (AvgIpc) is 2.94. The van der Waals surface area contributed by atoms with Crippen LogP contribution in [-0.2, 0) is 4.79 Å². The molecule has 0 bridgehead atoms. The van der Waals surface area contributed by atoms with Crippen LogP contribution in [0.15, 0.2) is 0 Å². The van der Waals surface area contributed by atoms with E-state index in [0.717, 1.165) is 32.4 Å². The van der Waals surface area contributed by atoms with Gasteiger partial charge >= 0.3 is 12.0 Å². The molecule has 2 saturated heterocycles. The number of urea groups is 1. The van der Waals surface area contributed by atoms with E-state index in [4.69, 9.17) is 5.11 Å². The zero-order valence-corrected chi connectivity index (χ0v) is 11.7. The van der Waals surface area contributed by atoms with Crippen molar-refractivity contribution in [1.29, 1.82) is 0 Å². The Labute approximate surface area is 114 Å². The molecule has 2 aliphatic heterocycles. The Bertz CT molecular complexity index is 359. The second-order valence-electron chi connectivity index (χ2n) is 5.72. The summed E-state index contributed by atoms with van der Waals surface area (Å²) in [7, 11) is 3.99. The van der Waals surface area contributed by atoms with E-state index in [1.807, 2.05) is 19.0 Å². The topological polar surface area (TPSA) is 64.1 Å². The van der Waals surface area contributed by atoms with Crippen molar-refractivity contribution in [1.82, 2.24) is 14.7 Å². The van der Waals surface area contributed by atoms with E-state index in [2.05, 4.69) is 4.90 Å². The van der Waals surface area contributed by atoms with E-state index in [1.54, 1.807) is 0 Å². The van der Waals surface area contributed by atoms with Crippen LogP contribution < -0.4 is 0 Å². The number of carbonyl (C=O) groups is 2. The quantitative estimate of drug-likeness (QED) is 0.818. The fourth-order valence-electron chi connectivity index (χ4n) is 3.12. The zero-order chi connectivity index (χ0) is 14.0. The Balaban J connectivity index is 2.04. The summed E-state index contributed by atoms with van der Waals surface area (Å²) >= 11 is 0. The van der Waals surface area contributed by atoms with Crippen LogP contribution in [0.2, 0.25) is 0 Å². The van der Waals surface area contributed by atoms with E-state index in [0.29, 0.717) is 13.0 Å². The minimum Gasteiger partial charge on any atom is -0.480 e. The Kier molecular flexibility index (Phi) is 4.29. The van der Waals surface area contributed by atoms with Gasteiger partial charge in [0, 0.05) is 25.7 Å². The van der Waals surface area contributed by atoms with Crippen LogP contribution in [0.5, 0.6) is 0 Å². The molecule has 2 amide bonds. The minimum atomic E-state index is -0.880. The second kappa shape index (κ2) is 5.77. The molecule has 108 valence electrons. The lowest BCUT2D eigenvalue weighted by Gasteiger charge is -2.32. The lowest BCUT2D eigenvalue weighted by molar-refractivity contribution is -0.141. The molecular formula is C13H23N3O3. The van der Waals surface area contributed by atoms with Gasteiger partial charge in [-0.05, 0) is 39.8 Å². The molecule has 2 fully saturated rings. The molecule has 1 N–H and O–H groups in total. The summed E-state index contributed by atoms with van der Waals surface area (Å²) < 4.78 is 0. The van der Waals surface area contributed by atoms with Crippen molar-refractivity contribution < 1.29 is 14.7 Å². The normalized spacial score (nSPS) is 27.3. The van der Waals surface area contributed by atoms with Gasteiger partial charge in [0.25, 0.3) is 0 Å². The summed E-state index contributed by atoms with van der Waals surface area (Å²) in [5.41, 5.74) is 0. The highest BCUT2D eigenvalue weighted by molar-refractivity contribution is 5.83. The van der Waals surface area contributed by atoms with Crippen molar-refractivity contribution in [2.75, 3.05) is 33.7 Å². The molecule has 19 heavy (non-hydrogen) atoms. The molecule has 0 spiro atoms. The van der Waals surface area contributed by atoms with Gasteiger partial charge in [0.1, 0.15) is 6.04 Å². The Morgan fingerprint density at radius 2 is 1.79 bits per heavy atom. The number of carboxylic acids is 1. The smallest absolute Gasteiger partial charge is 0.326 e. The molecule has 2 unspecified atom stereocenters. The number of likely N-dealkylation sites (N-methyl/N-ethyl adjacent to an activating group) is 1. The fraction of sp³-hybridized carbons (Fsp3) is 0.846. The molecule has 2 atom stereocenters. The minimum absolute atomic E-state index is 0.0887. The molecule has 2 aliphatic rings. The van der Waals surface area contributed by atoms with Crippen molar-refractivity contribution in [3.63, 3.8) is 0 Å². The summed E-state index contributed by atoms with van der Waals surface area (Å²) in [6.07, 6.45) is 3.38. The lowest BCUT2D eigenvalue weighted by Crippen LogP contribution is -2.51. The summed E-state index contributed by atoms with van der Waals surface area (Å²) in [6.45, 7) is 2.17. The second-order valence-corrected chi connectivity index (χ2v) is 5.72. The molecule has 0 radical (unpaired) electrons. The van der Waals surface area contributed by atoms with Crippen LogP contribution >= 0.6 is 0 Å². The first-order valence-electron chi connectivity index (χ1n) is 6.95. The molecule has 6 nitrogen and oxygen atoms in total. The maximum absolute atomic E-state index is 12.5. The van der Waals surface area contributed by atoms with Crippen LogP contribution in [0.3, 0.4) is 0 Å². The average molecular weight is 269 g/mol. The van der Waals surface area contributed by atoms with E-state index in [-0.39, 0.29) is 12.1 Å². The molecule has 2 heterocycles. The van der Waals surface area contributed by atoms with Gasteiger partial charge in [-0.1, -0.05) is 0 Å². The molecular weight excluding hydrogens is 246 g/mol. The van der Waals surface area contributed by atoms with Crippen LogP contribution in [0.4, 0.5) is 4.79 Å². The number of likely N-dealkylation sites (tertiary alicyclic amines) is 2. The third-order valence-corrected chi connectivity index (χ3v) is 3.98. The number of nitrogens with zero attached hydrogens (tertiary/aromatic N) is 3. The van der Waals surface area contributed by atoms with Gasteiger partial charge in [0.15, 0.2) is 0 Å². The first kappa shape index (κ1) is 14.1. The number of carbonyl (C=O) groups excluding carboxylic acids is 1. The van der Waals surface area contributed by atoms with Crippen molar-refractivity contribution in [2.45, 2.75) is 37.8 Å². The summed E-state index contributed by atoms with van der Waals surface area (Å²) in [6, 6.07) is -0.500. The number of hydrogen-bond acceptors (Lipinski definition) is 3. The van der Waals surface area contributed by atoms with Crippen LogP contribution in [0.25, 0.3) is 0 Å². The van der Waals surface area contributed by atoms with Crippen LogP contribution in [-0.4, -0.2) is 77.6 Å². The van der Waals surface area contributed by atoms with E-state index in [1.165, 1.54) is 4.90 Å². The van der Waals surface area contributed by atoms with Gasteiger partial charge < -0.3 is 19.8 Å². The number of hydrogen-bond donors (Lipinski definition) is 1. The Morgan fingerprint density at radius 3 is 2.42 bits per heavy atom. The predicted molar refractivity (Wildman–Crippen MR) is 71.0 cm³/mol. The van der Waals surface area contributed by atoms with Gasteiger partial charge in [-0.2, -0.15) is 0 Å². The maximum atomic E-state index is 12.5. The largest absolute Gasteiger partial charge is 0.480 e. The van der Waals surface area contributed by atoms with Gasteiger partial charge in [0.05, 0.1) is 0 Å². The molecule has 0 aromatic heterocycles. The Morgan fingerprint density at radius 1 is 1.16 bits per heavy atom. The monoisotopic (exact) mass is 269 g/mol. The van der Waals surface area contributed by atoms with Crippen molar-refractivity contribution >= 4 is 12.0 Å². The molecule has 0 aromatic rings.